The number of rotatable bonds is 3. The Morgan fingerprint density at radius 1 is 1.00 bits per heavy atom. The topological polar surface area (TPSA) is 58.2 Å². The van der Waals surface area contributed by atoms with E-state index < -0.39 is 23.4 Å². The summed E-state index contributed by atoms with van der Waals surface area (Å²) in [5, 5.41) is 5.33. The lowest BCUT2D eigenvalue weighted by Gasteiger charge is -2.08. The molecule has 2 amide bonds. The minimum atomic E-state index is -0.605. The predicted octanol–water partition coefficient (Wildman–Crippen LogP) is 4.39. The molecular formula is C17H12F2N2O2S. The van der Waals surface area contributed by atoms with E-state index in [1.54, 1.807) is 12.1 Å². The fourth-order valence-electron chi connectivity index (χ4n) is 2.22. The zero-order valence-corrected chi connectivity index (χ0v) is 13.3. The van der Waals surface area contributed by atoms with Crippen molar-refractivity contribution in [1.29, 1.82) is 0 Å². The summed E-state index contributed by atoms with van der Waals surface area (Å²) in [5.74, 6) is -1.85. The van der Waals surface area contributed by atoms with Crippen molar-refractivity contribution in [1.82, 2.24) is 0 Å². The number of carbonyl (C=O) groups is 2. The van der Waals surface area contributed by atoms with Crippen LogP contribution < -0.4 is 10.6 Å². The Balaban J connectivity index is 1.86. The first kappa shape index (κ1) is 16.1. The van der Waals surface area contributed by atoms with E-state index in [4.69, 9.17) is 0 Å². The maximum atomic E-state index is 13.7. The predicted molar refractivity (Wildman–Crippen MR) is 90.4 cm³/mol. The van der Waals surface area contributed by atoms with Gasteiger partial charge < -0.3 is 10.6 Å². The van der Waals surface area contributed by atoms with Crippen molar-refractivity contribution in [3.05, 3.63) is 59.0 Å². The lowest BCUT2D eigenvalue weighted by molar-refractivity contribution is -0.114. The number of halogens is 2. The molecule has 0 atom stereocenters. The van der Waals surface area contributed by atoms with E-state index in [-0.39, 0.29) is 5.69 Å². The standard InChI is InChI=1S/C17H12F2N2O2S/c1-9(22)20-14-7-10(5-6-13(14)19)21-17(23)16-8-11-12(18)3-2-4-15(11)24-16/h2-8H,1H3,(H,20,22)(H,21,23). The van der Waals surface area contributed by atoms with Crippen LogP contribution in [0.25, 0.3) is 10.1 Å². The molecule has 2 aromatic carbocycles. The van der Waals surface area contributed by atoms with Crippen LogP contribution in [0.1, 0.15) is 16.6 Å². The molecule has 3 aromatic rings. The first-order valence-corrected chi connectivity index (χ1v) is 7.82. The molecule has 2 N–H and O–H groups in total. The van der Waals surface area contributed by atoms with E-state index >= 15 is 0 Å². The summed E-state index contributed by atoms with van der Waals surface area (Å²) in [6, 6.07) is 9.96. The molecule has 3 rings (SSSR count). The number of anilines is 2. The van der Waals surface area contributed by atoms with E-state index in [0.29, 0.717) is 20.7 Å². The van der Waals surface area contributed by atoms with Crippen LogP contribution in [-0.4, -0.2) is 11.8 Å². The van der Waals surface area contributed by atoms with Crippen molar-refractivity contribution in [3.63, 3.8) is 0 Å². The van der Waals surface area contributed by atoms with Crippen molar-refractivity contribution >= 4 is 44.6 Å². The van der Waals surface area contributed by atoms with Crippen molar-refractivity contribution in [3.8, 4) is 0 Å². The Morgan fingerprint density at radius 2 is 1.79 bits per heavy atom. The Hall–Kier alpha value is -2.80. The summed E-state index contributed by atoms with van der Waals surface area (Å²) in [6.45, 7) is 1.26. The summed E-state index contributed by atoms with van der Waals surface area (Å²) in [6.07, 6.45) is 0. The number of hydrogen-bond acceptors (Lipinski definition) is 3. The highest BCUT2D eigenvalue weighted by molar-refractivity contribution is 7.20. The third kappa shape index (κ3) is 3.26. The van der Waals surface area contributed by atoms with Crippen LogP contribution in [0, 0.1) is 11.6 Å². The number of amides is 2. The van der Waals surface area contributed by atoms with E-state index in [9.17, 15) is 18.4 Å². The van der Waals surface area contributed by atoms with Gasteiger partial charge in [0, 0.05) is 22.7 Å². The van der Waals surface area contributed by atoms with Gasteiger partial charge in [0.1, 0.15) is 11.6 Å². The fourth-order valence-corrected chi connectivity index (χ4v) is 3.19. The Kier molecular flexibility index (Phi) is 4.26. The lowest BCUT2D eigenvalue weighted by atomic mass is 10.2. The monoisotopic (exact) mass is 346 g/mol. The highest BCUT2D eigenvalue weighted by atomic mass is 32.1. The second-order valence-corrected chi connectivity index (χ2v) is 6.18. The number of hydrogen-bond donors (Lipinski definition) is 2. The lowest BCUT2D eigenvalue weighted by Crippen LogP contribution is -2.12. The van der Waals surface area contributed by atoms with E-state index in [1.807, 2.05) is 0 Å². The van der Waals surface area contributed by atoms with Crippen LogP contribution in [0.5, 0.6) is 0 Å². The smallest absolute Gasteiger partial charge is 0.265 e. The number of benzene rings is 2. The fraction of sp³-hybridized carbons (Fsp3) is 0.0588. The number of thiophene rings is 1. The zero-order chi connectivity index (χ0) is 17.3. The molecule has 0 saturated carbocycles. The van der Waals surface area contributed by atoms with E-state index in [2.05, 4.69) is 10.6 Å². The van der Waals surface area contributed by atoms with Gasteiger partial charge in [-0.05, 0) is 36.4 Å². The van der Waals surface area contributed by atoms with Gasteiger partial charge in [0.15, 0.2) is 0 Å². The van der Waals surface area contributed by atoms with E-state index in [0.717, 1.165) is 17.4 Å². The van der Waals surface area contributed by atoms with Crippen molar-refractivity contribution in [2.75, 3.05) is 10.6 Å². The normalized spacial score (nSPS) is 10.6. The number of fused-ring (bicyclic) bond motifs is 1. The summed E-state index contributed by atoms with van der Waals surface area (Å²) in [7, 11) is 0. The average molecular weight is 346 g/mol. The molecule has 0 aliphatic carbocycles. The molecule has 122 valence electrons. The van der Waals surface area contributed by atoms with Crippen LogP contribution >= 0.6 is 11.3 Å². The molecule has 1 heterocycles. The first-order chi connectivity index (χ1) is 11.4. The molecule has 0 unspecified atom stereocenters. The van der Waals surface area contributed by atoms with Crippen LogP contribution in [0.15, 0.2) is 42.5 Å². The van der Waals surface area contributed by atoms with Gasteiger partial charge in [-0.25, -0.2) is 8.78 Å². The molecule has 0 radical (unpaired) electrons. The van der Waals surface area contributed by atoms with Gasteiger partial charge in [-0.3, -0.25) is 9.59 Å². The summed E-state index contributed by atoms with van der Waals surface area (Å²) < 4.78 is 28.0. The van der Waals surface area contributed by atoms with Crippen molar-refractivity contribution < 1.29 is 18.4 Å². The Morgan fingerprint density at radius 3 is 2.50 bits per heavy atom. The molecule has 0 aliphatic heterocycles. The van der Waals surface area contributed by atoms with Crippen LogP contribution in [-0.2, 0) is 4.79 Å². The molecular weight excluding hydrogens is 334 g/mol. The molecule has 4 nitrogen and oxygen atoms in total. The van der Waals surface area contributed by atoms with Gasteiger partial charge in [-0.1, -0.05) is 6.07 Å². The first-order valence-electron chi connectivity index (χ1n) is 7.00. The maximum Gasteiger partial charge on any atom is 0.265 e. The maximum absolute atomic E-state index is 13.7. The van der Waals surface area contributed by atoms with Gasteiger partial charge in [0.05, 0.1) is 10.6 Å². The number of carbonyl (C=O) groups excluding carboxylic acids is 2. The Labute approximate surface area is 140 Å². The molecule has 0 bridgehead atoms. The van der Waals surface area contributed by atoms with Gasteiger partial charge >= 0.3 is 0 Å². The van der Waals surface area contributed by atoms with Crippen molar-refractivity contribution in [2.24, 2.45) is 0 Å². The molecule has 0 aliphatic rings. The largest absolute Gasteiger partial charge is 0.324 e. The third-order valence-electron chi connectivity index (χ3n) is 3.27. The highest BCUT2D eigenvalue weighted by Gasteiger charge is 2.14. The molecule has 24 heavy (non-hydrogen) atoms. The Bertz CT molecular complexity index is 953. The van der Waals surface area contributed by atoms with Crippen molar-refractivity contribution in [2.45, 2.75) is 6.92 Å². The molecule has 0 fully saturated rings. The summed E-state index contributed by atoms with van der Waals surface area (Å²) in [4.78, 5) is 23.7. The summed E-state index contributed by atoms with van der Waals surface area (Å²) >= 11 is 1.16. The van der Waals surface area contributed by atoms with Gasteiger partial charge in [-0.15, -0.1) is 11.3 Å². The van der Waals surface area contributed by atoms with Gasteiger partial charge in [-0.2, -0.15) is 0 Å². The van der Waals surface area contributed by atoms with Crippen LogP contribution in [0.4, 0.5) is 20.2 Å². The minimum absolute atomic E-state index is 0.0253. The SMILES string of the molecule is CC(=O)Nc1cc(NC(=O)c2cc3c(F)cccc3s2)ccc1F. The summed E-state index contributed by atoms with van der Waals surface area (Å²) in [5.41, 5.74) is 0.297. The molecule has 1 aromatic heterocycles. The molecule has 0 spiro atoms. The minimum Gasteiger partial charge on any atom is -0.324 e. The quantitative estimate of drug-likeness (QED) is 0.739. The second-order valence-electron chi connectivity index (χ2n) is 5.09. The highest BCUT2D eigenvalue weighted by Crippen LogP contribution is 2.28. The van der Waals surface area contributed by atoms with Gasteiger partial charge in [0.25, 0.3) is 5.91 Å². The third-order valence-corrected chi connectivity index (χ3v) is 4.37. The average Bonchev–Trinajstić information content (AvgIpc) is 2.96. The molecule has 7 heteroatoms. The van der Waals surface area contributed by atoms with Gasteiger partial charge in [0.2, 0.25) is 5.91 Å². The molecule has 0 saturated heterocycles. The van der Waals surface area contributed by atoms with E-state index in [1.165, 1.54) is 31.2 Å². The van der Waals surface area contributed by atoms with Crippen LogP contribution in [0.2, 0.25) is 0 Å². The zero-order valence-electron chi connectivity index (χ0n) is 12.5. The second kappa shape index (κ2) is 6.37. The number of nitrogens with one attached hydrogen (secondary N) is 2. The van der Waals surface area contributed by atoms with Crippen LogP contribution in [0.3, 0.4) is 0 Å².